The third-order valence-corrected chi connectivity index (χ3v) is 2.01. The molecule has 1 aromatic heterocycles. The van der Waals surface area contributed by atoms with E-state index in [4.69, 9.17) is 0 Å². The largest absolute Gasteiger partial charge is 0.350 e. The molecule has 0 spiro atoms. The van der Waals surface area contributed by atoms with Crippen molar-refractivity contribution in [1.29, 1.82) is 0 Å². The molecule has 0 aliphatic heterocycles. The lowest BCUT2D eigenvalue weighted by Crippen LogP contribution is -2.33. The van der Waals surface area contributed by atoms with Gasteiger partial charge in [-0.05, 0) is 19.1 Å². The lowest BCUT2D eigenvalue weighted by molar-refractivity contribution is -0.117. The van der Waals surface area contributed by atoms with Gasteiger partial charge in [0.05, 0.1) is 0 Å². The first kappa shape index (κ1) is 10.5. The second-order valence-electron chi connectivity index (χ2n) is 3.26. The van der Waals surface area contributed by atoms with Crippen LogP contribution in [0.15, 0.2) is 24.9 Å². The number of hydrogen-bond donors (Lipinski definition) is 1. The van der Waals surface area contributed by atoms with Crippen LogP contribution in [-0.4, -0.2) is 21.7 Å². The fourth-order valence-electron chi connectivity index (χ4n) is 1.27. The van der Waals surface area contributed by atoms with Gasteiger partial charge in [-0.1, -0.05) is 6.58 Å². The minimum Gasteiger partial charge on any atom is -0.350 e. The Labute approximate surface area is 83.6 Å². The maximum Gasteiger partial charge on any atom is 0.243 e. The van der Waals surface area contributed by atoms with Crippen LogP contribution in [0.1, 0.15) is 12.6 Å². The molecule has 1 atom stereocenters. The molecule has 14 heavy (non-hydrogen) atoms. The number of amides is 1. The first-order valence-electron chi connectivity index (χ1n) is 4.53. The number of hydrogen-bond acceptors (Lipinski definition) is 2. The van der Waals surface area contributed by atoms with Gasteiger partial charge in [-0.15, -0.1) is 0 Å². The molecule has 0 aromatic carbocycles. The van der Waals surface area contributed by atoms with Crippen molar-refractivity contribution in [2.24, 2.45) is 7.05 Å². The summed E-state index contributed by atoms with van der Waals surface area (Å²) in [5.41, 5.74) is 1.10. The quantitative estimate of drug-likeness (QED) is 0.714. The van der Waals surface area contributed by atoms with E-state index in [0.29, 0.717) is 0 Å². The molecule has 0 saturated carbocycles. The Hall–Kier alpha value is -1.58. The van der Waals surface area contributed by atoms with Crippen molar-refractivity contribution >= 4 is 5.91 Å². The fraction of sp³-hybridized carbons (Fsp3) is 0.400. The highest BCUT2D eigenvalue weighted by Gasteiger charge is 2.07. The highest BCUT2D eigenvalue weighted by molar-refractivity contribution is 5.87. The number of nitrogens with one attached hydrogen (secondary N) is 1. The lowest BCUT2D eigenvalue weighted by atomic mass is 10.2. The summed E-state index contributed by atoms with van der Waals surface area (Å²) in [6, 6.07) is 2.03. The van der Waals surface area contributed by atoms with Crippen LogP contribution < -0.4 is 5.32 Å². The smallest absolute Gasteiger partial charge is 0.243 e. The molecule has 0 aliphatic rings. The highest BCUT2D eigenvalue weighted by Crippen LogP contribution is 2.00. The third kappa shape index (κ3) is 2.73. The Morgan fingerprint density at radius 2 is 2.57 bits per heavy atom. The van der Waals surface area contributed by atoms with E-state index in [1.54, 1.807) is 10.9 Å². The highest BCUT2D eigenvalue weighted by atomic mass is 16.1. The molecule has 76 valence electrons. The van der Waals surface area contributed by atoms with Crippen LogP contribution in [0, 0.1) is 0 Å². The Morgan fingerprint density at radius 1 is 1.86 bits per heavy atom. The topological polar surface area (TPSA) is 46.9 Å². The van der Waals surface area contributed by atoms with Crippen LogP contribution in [0.2, 0.25) is 0 Å². The van der Waals surface area contributed by atoms with E-state index in [2.05, 4.69) is 17.0 Å². The van der Waals surface area contributed by atoms with E-state index in [1.807, 2.05) is 20.0 Å². The van der Waals surface area contributed by atoms with Crippen molar-refractivity contribution < 1.29 is 4.79 Å². The summed E-state index contributed by atoms with van der Waals surface area (Å²) in [6.45, 7) is 5.35. The van der Waals surface area contributed by atoms with Gasteiger partial charge in [-0.2, -0.15) is 5.10 Å². The second kappa shape index (κ2) is 4.60. The normalized spacial score (nSPS) is 12.1. The summed E-state index contributed by atoms with van der Waals surface area (Å²) in [5.74, 6) is -0.139. The van der Waals surface area contributed by atoms with E-state index in [9.17, 15) is 4.79 Å². The summed E-state index contributed by atoms with van der Waals surface area (Å²) in [5, 5.41) is 6.85. The predicted octanol–water partition coefficient (Wildman–Crippen LogP) is 0.653. The molecule has 0 aliphatic carbocycles. The van der Waals surface area contributed by atoms with Crippen LogP contribution in [0.5, 0.6) is 0 Å². The summed E-state index contributed by atoms with van der Waals surface area (Å²) in [4.78, 5) is 11.0. The van der Waals surface area contributed by atoms with Crippen molar-refractivity contribution in [2.75, 3.05) is 0 Å². The molecule has 0 saturated heterocycles. The molecule has 0 radical (unpaired) electrons. The van der Waals surface area contributed by atoms with E-state index in [-0.39, 0.29) is 11.9 Å². The third-order valence-electron chi connectivity index (χ3n) is 2.01. The molecule has 4 heteroatoms. The SMILES string of the molecule is C=CC(=O)N[C@H](C)Cc1ccnn1C. The number of aromatic nitrogens is 2. The van der Waals surface area contributed by atoms with Gasteiger partial charge in [0.2, 0.25) is 5.91 Å². The summed E-state index contributed by atoms with van der Waals surface area (Å²) >= 11 is 0. The molecular formula is C10H15N3O. The van der Waals surface area contributed by atoms with Crippen LogP contribution in [-0.2, 0) is 18.3 Å². The standard InChI is InChI=1S/C10H15N3O/c1-4-10(14)12-8(2)7-9-5-6-11-13(9)3/h4-6,8H,1,7H2,2-3H3,(H,12,14)/t8-/m1/s1. The number of carbonyl (C=O) groups excluding carboxylic acids is 1. The average molecular weight is 193 g/mol. The first-order chi connectivity index (χ1) is 6.63. The average Bonchev–Trinajstić information content (AvgIpc) is 2.51. The van der Waals surface area contributed by atoms with E-state index in [1.165, 1.54) is 6.08 Å². The number of nitrogens with zero attached hydrogens (tertiary/aromatic N) is 2. The van der Waals surface area contributed by atoms with Gasteiger partial charge in [0.1, 0.15) is 0 Å². The minimum absolute atomic E-state index is 0.0934. The summed E-state index contributed by atoms with van der Waals surface area (Å²) in [7, 11) is 1.89. The van der Waals surface area contributed by atoms with E-state index >= 15 is 0 Å². The maximum atomic E-state index is 11.0. The molecule has 1 amide bonds. The van der Waals surface area contributed by atoms with Gasteiger partial charge in [0.25, 0.3) is 0 Å². The Bertz CT molecular complexity index is 330. The van der Waals surface area contributed by atoms with Crippen molar-refractivity contribution in [1.82, 2.24) is 15.1 Å². The van der Waals surface area contributed by atoms with Crippen molar-refractivity contribution in [3.8, 4) is 0 Å². The molecule has 1 aromatic rings. The van der Waals surface area contributed by atoms with Gasteiger partial charge in [-0.25, -0.2) is 0 Å². The zero-order valence-corrected chi connectivity index (χ0v) is 8.53. The Kier molecular flexibility index (Phi) is 3.45. The van der Waals surface area contributed by atoms with Gasteiger partial charge in [-0.3, -0.25) is 9.48 Å². The number of rotatable bonds is 4. The molecule has 1 rings (SSSR count). The Balaban J connectivity index is 2.49. The van der Waals surface area contributed by atoms with Gasteiger partial charge in [0.15, 0.2) is 0 Å². The van der Waals surface area contributed by atoms with Crippen molar-refractivity contribution in [3.63, 3.8) is 0 Å². The van der Waals surface area contributed by atoms with E-state index in [0.717, 1.165) is 12.1 Å². The van der Waals surface area contributed by atoms with Gasteiger partial charge < -0.3 is 5.32 Å². The number of carbonyl (C=O) groups is 1. The van der Waals surface area contributed by atoms with Crippen LogP contribution in [0.3, 0.4) is 0 Å². The predicted molar refractivity (Wildman–Crippen MR) is 54.7 cm³/mol. The second-order valence-corrected chi connectivity index (χ2v) is 3.26. The molecule has 1 N–H and O–H groups in total. The van der Waals surface area contributed by atoms with Gasteiger partial charge in [0, 0.05) is 31.4 Å². The maximum absolute atomic E-state index is 11.0. The first-order valence-corrected chi connectivity index (χ1v) is 4.53. The fourth-order valence-corrected chi connectivity index (χ4v) is 1.27. The molecule has 0 unspecified atom stereocenters. The van der Waals surface area contributed by atoms with Crippen molar-refractivity contribution in [2.45, 2.75) is 19.4 Å². The van der Waals surface area contributed by atoms with E-state index < -0.39 is 0 Å². The minimum atomic E-state index is -0.139. The van der Waals surface area contributed by atoms with Crippen LogP contribution in [0.4, 0.5) is 0 Å². The zero-order valence-electron chi connectivity index (χ0n) is 8.53. The van der Waals surface area contributed by atoms with Crippen LogP contribution >= 0.6 is 0 Å². The van der Waals surface area contributed by atoms with Gasteiger partial charge >= 0.3 is 0 Å². The number of aryl methyl sites for hydroxylation is 1. The zero-order chi connectivity index (χ0) is 10.6. The molecule has 1 heterocycles. The Morgan fingerprint density at radius 3 is 3.07 bits per heavy atom. The molecule has 4 nitrogen and oxygen atoms in total. The molecule has 0 bridgehead atoms. The molecule has 0 fully saturated rings. The van der Waals surface area contributed by atoms with Crippen molar-refractivity contribution in [3.05, 3.63) is 30.6 Å². The lowest BCUT2D eigenvalue weighted by Gasteiger charge is -2.12. The molecular weight excluding hydrogens is 178 g/mol. The summed E-state index contributed by atoms with van der Waals surface area (Å²) in [6.07, 6.45) is 3.80. The monoisotopic (exact) mass is 193 g/mol. The summed E-state index contributed by atoms with van der Waals surface area (Å²) < 4.78 is 1.80. The van der Waals surface area contributed by atoms with Crippen LogP contribution in [0.25, 0.3) is 0 Å².